The molecule has 1 aromatic carbocycles. The van der Waals surface area contributed by atoms with Crippen molar-refractivity contribution in [2.75, 3.05) is 13.2 Å². The number of allylic oxidation sites excluding steroid dienone is 1. The first-order valence-corrected chi connectivity index (χ1v) is 7.74. The second kappa shape index (κ2) is 6.84. The lowest BCUT2D eigenvalue weighted by Gasteiger charge is -2.19. The number of nitrogens with one attached hydrogen (secondary N) is 1. The second-order valence-electron chi connectivity index (χ2n) is 5.42. The van der Waals surface area contributed by atoms with Gasteiger partial charge in [0, 0.05) is 11.9 Å². The molecule has 0 saturated heterocycles. The third kappa shape index (κ3) is 3.30. The van der Waals surface area contributed by atoms with Gasteiger partial charge in [0.1, 0.15) is 11.6 Å². The molecule has 2 N–H and O–H groups in total. The first kappa shape index (κ1) is 16.2. The fraction of sp³-hybridized carbons (Fsp3) is 0.294. The Labute approximate surface area is 138 Å². The number of carbonyl (C=O) groups is 1. The SMILES string of the molecule is CCOC(=O)C1=C2N=C(CCc3cc(F)ccc3O)C=CN2NC1. The van der Waals surface area contributed by atoms with Crippen LogP contribution >= 0.6 is 0 Å². The largest absolute Gasteiger partial charge is 0.508 e. The molecule has 0 radical (unpaired) electrons. The number of phenols is 1. The molecule has 0 aliphatic carbocycles. The molecule has 3 rings (SSSR count). The molecule has 0 atom stereocenters. The molecule has 0 spiro atoms. The van der Waals surface area contributed by atoms with E-state index in [0.29, 0.717) is 43.0 Å². The molecule has 0 bridgehead atoms. The quantitative estimate of drug-likeness (QED) is 0.808. The summed E-state index contributed by atoms with van der Waals surface area (Å²) in [5.41, 5.74) is 4.78. The zero-order chi connectivity index (χ0) is 17.1. The Kier molecular flexibility index (Phi) is 4.61. The number of hydrazine groups is 1. The molecule has 0 amide bonds. The van der Waals surface area contributed by atoms with Crippen molar-refractivity contribution in [3.05, 3.63) is 53.2 Å². The number of fused-ring (bicyclic) bond motifs is 1. The number of carbonyl (C=O) groups excluding carboxylic acids is 1. The lowest BCUT2D eigenvalue weighted by Crippen LogP contribution is -2.28. The number of benzene rings is 1. The molecule has 1 aromatic rings. The van der Waals surface area contributed by atoms with E-state index in [4.69, 9.17) is 4.74 Å². The highest BCUT2D eigenvalue weighted by Gasteiger charge is 2.28. The van der Waals surface area contributed by atoms with Gasteiger partial charge in [-0.3, -0.25) is 5.01 Å². The third-order valence-electron chi connectivity index (χ3n) is 3.80. The maximum Gasteiger partial charge on any atom is 0.339 e. The Morgan fingerprint density at radius 2 is 2.29 bits per heavy atom. The highest BCUT2D eigenvalue weighted by molar-refractivity contribution is 5.98. The van der Waals surface area contributed by atoms with E-state index in [9.17, 15) is 14.3 Å². The molecular formula is C17H18FN3O3. The van der Waals surface area contributed by atoms with Crippen LogP contribution in [0.15, 0.2) is 46.9 Å². The second-order valence-corrected chi connectivity index (χ2v) is 5.42. The maximum atomic E-state index is 13.3. The van der Waals surface area contributed by atoms with Crippen LogP contribution in [0.1, 0.15) is 18.9 Å². The minimum Gasteiger partial charge on any atom is -0.508 e. The van der Waals surface area contributed by atoms with Crippen LogP contribution in [0, 0.1) is 5.82 Å². The first-order chi connectivity index (χ1) is 11.6. The monoisotopic (exact) mass is 331 g/mol. The van der Waals surface area contributed by atoms with Crippen molar-refractivity contribution in [1.82, 2.24) is 10.4 Å². The van der Waals surface area contributed by atoms with Crippen LogP contribution in [0.5, 0.6) is 5.75 Å². The van der Waals surface area contributed by atoms with Crippen LogP contribution in [-0.4, -0.2) is 34.9 Å². The van der Waals surface area contributed by atoms with Crippen molar-refractivity contribution >= 4 is 11.7 Å². The smallest absolute Gasteiger partial charge is 0.339 e. The van der Waals surface area contributed by atoms with E-state index in [2.05, 4.69) is 10.4 Å². The maximum absolute atomic E-state index is 13.3. The number of esters is 1. The van der Waals surface area contributed by atoms with Crippen LogP contribution in [0.3, 0.4) is 0 Å². The summed E-state index contributed by atoms with van der Waals surface area (Å²) in [5, 5.41) is 11.5. The molecule has 2 aliphatic rings. The van der Waals surface area contributed by atoms with Crippen LogP contribution in [0.4, 0.5) is 4.39 Å². The van der Waals surface area contributed by atoms with Crippen molar-refractivity contribution < 1.29 is 19.0 Å². The molecule has 2 heterocycles. The number of phenolic OH excluding ortho intramolecular Hbond substituents is 1. The van der Waals surface area contributed by atoms with E-state index in [1.165, 1.54) is 18.2 Å². The molecular weight excluding hydrogens is 313 g/mol. The number of aromatic hydroxyl groups is 1. The molecule has 0 saturated carbocycles. The van der Waals surface area contributed by atoms with E-state index in [1.807, 2.05) is 6.08 Å². The summed E-state index contributed by atoms with van der Waals surface area (Å²) in [6, 6.07) is 3.87. The van der Waals surface area contributed by atoms with Gasteiger partial charge >= 0.3 is 5.97 Å². The summed E-state index contributed by atoms with van der Waals surface area (Å²) in [6.07, 6.45) is 4.57. The summed E-state index contributed by atoms with van der Waals surface area (Å²) in [6.45, 7) is 2.42. The van der Waals surface area contributed by atoms with Gasteiger partial charge in [0.05, 0.1) is 18.7 Å². The van der Waals surface area contributed by atoms with Crippen molar-refractivity contribution in [2.24, 2.45) is 4.99 Å². The number of halogens is 1. The lowest BCUT2D eigenvalue weighted by atomic mass is 10.1. The molecule has 0 fully saturated rings. The van der Waals surface area contributed by atoms with Crippen molar-refractivity contribution in [2.45, 2.75) is 19.8 Å². The molecule has 126 valence electrons. The summed E-state index contributed by atoms with van der Waals surface area (Å²) in [4.78, 5) is 16.4. The Hall–Kier alpha value is -2.67. The highest BCUT2D eigenvalue weighted by atomic mass is 19.1. The average molecular weight is 331 g/mol. The molecule has 0 unspecified atom stereocenters. The number of aliphatic imine (C=N–C) groups is 1. The Bertz CT molecular complexity index is 755. The molecule has 24 heavy (non-hydrogen) atoms. The van der Waals surface area contributed by atoms with E-state index < -0.39 is 0 Å². The molecule has 7 heteroatoms. The van der Waals surface area contributed by atoms with Crippen LogP contribution in [0.25, 0.3) is 0 Å². The number of hydrogen-bond acceptors (Lipinski definition) is 6. The van der Waals surface area contributed by atoms with Gasteiger partial charge in [-0.2, -0.15) is 0 Å². The van der Waals surface area contributed by atoms with E-state index in [-0.39, 0.29) is 17.5 Å². The molecule has 2 aliphatic heterocycles. The van der Waals surface area contributed by atoms with Crippen LogP contribution in [-0.2, 0) is 16.0 Å². The zero-order valence-corrected chi connectivity index (χ0v) is 13.3. The fourth-order valence-electron chi connectivity index (χ4n) is 2.58. The standard InChI is InChI=1S/C17H18FN3O3/c1-2-24-17(23)14-10-19-21-8-7-13(20-16(14)21)5-3-11-9-12(18)4-6-15(11)22/h4,6-9,19,22H,2-3,5,10H2,1H3. The van der Waals surface area contributed by atoms with Gasteiger partial charge in [-0.1, -0.05) is 0 Å². The third-order valence-corrected chi connectivity index (χ3v) is 3.80. The lowest BCUT2D eigenvalue weighted by molar-refractivity contribution is -0.138. The van der Waals surface area contributed by atoms with Crippen molar-refractivity contribution in [3.63, 3.8) is 0 Å². The number of aryl methyl sites for hydroxylation is 1. The minimum absolute atomic E-state index is 0.0624. The van der Waals surface area contributed by atoms with Gasteiger partial charge in [0.2, 0.25) is 0 Å². The molecule has 0 aromatic heterocycles. The average Bonchev–Trinajstić information content (AvgIpc) is 2.99. The van der Waals surface area contributed by atoms with Crippen LogP contribution in [0.2, 0.25) is 0 Å². The van der Waals surface area contributed by atoms with Gasteiger partial charge in [-0.05, 0) is 49.6 Å². The zero-order valence-electron chi connectivity index (χ0n) is 13.3. The minimum atomic E-state index is -0.387. The number of hydrogen-bond donors (Lipinski definition) is 2. The topological polar surface area (TPSA) is 74.2 Å². The predicted molar refractivity (Wildman–Crippen MR) is 86.5 cm³/mol. The number of ether oxygens (including phenoxy) is 1. The van der Waals surface area contributed by atoms with Gasteiger partial charge in [0.25, 0.3) is 0 Å². The predicted octanol–water partition coefficient (Wildman–Crippen LogP) is 2.03. The van der Waals surface area contributed by atoms with Crippen LogP contribution < -0.4 is 5.43 Å². The van der Waals surface area contributed by atoms with E-state index in [0.717, 1.165) is 5.71 Å². The summed E-state index contributed by atoms with van der Waals surface area (Å²) in [7, 11) is 0. The first-order valence-electron chi connectivity index (χ1n) is 7.74. The Morgan fingerprint density at radius 1 is 1.46 bits per heavy atom. The summed E-state index contributed by atoms with van der Waals surface area (Å²) >= 11 is 0. The van der Waals surface area contributed by atoms with Gasteiger partial charge < -0.3 is 9.84 Å². The Morgan fingerprint density at radius 3 is 3.08 bits per heavy atom. The fourth-order valence-corrected chi connectivity index (χ4v) is 2.58. The van der Waals surface area contributed by atoms with Crippen molar-refractivity contribution in [1.29, 1.82) is 0 Å². The van der Waals surface area contributed by atoms with Gasteiger partial charge in [0.15, 0.2) is 5.82 Å². The summed E-state index contributed by atoms with van der Waals surface area (Å²) < 4.78 is 18.3. The van der Waals surface area contributed by atoms with Gasteiger partial charge in [-0.15, -0.1) is 0 Å². The highest BCUT2D eigenvalue weighted by Crippen LogP contribution is 2.24. The normalized spacial score (nSPS) is 16.2. The van der Waals surface area contributed by atoms with E-state index in [1.54, 1.807) is 18.1 Å². The number of nitrogens with zero attached hydrogens (tertiary/aromatic N) is 2. The van der Waals surface area contributed by atoms with E-state index >= 15 is 0 Å². The van der Waals surface area contributed by atoms with Crippen molar-refractivity contribution in [3.8, 4) is 5.75 Å². The molecule has 6 nitrogen and oxygen atoms in total. The summed E-state index contributed by atoms with van der Waals surface area (Å²) in [5.74, 6) is -0.187. The number of rotatable bonds is 5. The Balaban J connectivity index is 1.76. The van der Waals surface area contributed by atoms with Gasteiger partial charge in [-0.25, -0.2) is 19.6 Å².